The first kappa shape index (κ1) is 18.7. The van der Waals surface area contributed by atoms with Crippen LogP contribution in [0.2, 0.25) is 0 Å². The zero-order chi connectivity index (χ0) is 18.5. The zero-order valence-corrected chi connectivity index (χ0v) is 16.4. The van der Waals surface area contributed by atoms with Crippen molar-refractivity contribution in [2.45, 2.75) is 38.1 Å². The summed E-state index contributed by atoms with van der Waals surface area (Å²) in [6.45, 7) is 0. The molecular weight excluding hydrogens is 364 g/mol. The van der Waals surface area contributed by atoms with Gasteiger partial charge in [0.05, 0.1) is 16.8 Å². The van der Waals surface area contributed by atoms with Crippen LogP contribution in [0.15, 0.2) is 30.0 Å². The van der Waals surface area contributed by atoms with Crippen LogP contribution in [0.4, 0.5) is 0 Å². The summed E-state index contributed by atoms with van der Waals surface area (Å²) in [5.41, 5.74) is 1.77. The zero-order valence-electron chi connectivity index (χ0n) is 14.7. The fourth-order valence-corrected chi connectivity index (χ4v) is 4.33. The summed E-state index contributed by atoms with van der Waals surface area (Å²) in [6.07, 6.45) is 6.13. The van der Waals surface area contributed by atoms with Crippen LogP contribution < -0.4 is 0 Å². The number of aromatic nitrogens is 2. The Morgan fingerprint density at radius 1 is 1.38 bits per heavy atom. The molecule has 0 bridgehead atoms. The van der Waals surface area contributed by atoms with E-state index in [0.29, 0.717) is 11.9 Å². The van der Waals surface area contributed by atoms with Gasteiger partial charge in [0.1, 0.15) is 21.7 Å². The molecule has 2 N–H and O–H groups in total. The second-order valence-corrected chi connectivity index (χ2v) is 8.10. The van der Waals surface area contributed by atoms with Gasteiger partial charge in [0.25, 0.3) is 0 Å². The van der Waals surface area contributed by atoms with E-state index in [1.165, 1.54) is 43.9 Å². The SMILES string of the molecule is CN(C(=S)SCC(O)=C(C#N)c1nc2ccccc2[nH]1)C1CCCCC1. The second kappa shape index (κ2) is 8.56. The van der Waals surface area contributed by atoms with Crippen molar-refractivity contribution >= 4 is 44.9 Å². The van der Waals surface area contributed by atoms with E-state index in [1.807, 2.05) is 31.3 Å². The lowest BCUT2D eigenvalue weighted by atomic mass is 9.95. The molecule has 0 aliphatic heterocycles. The molecule has 1 saturated carbocycles. The van der Waals surface area contributed by atoms with Gasteiger partial charge in [0.15, 0.2) is 5.82 Å². The molecule has 0 radical (unpaired) electrons. The molecule has 7 heteroatoms. The average Bonchev–Trinajstić information content (AvgIpc) is 3.10. The number of nitrogens with one attached hydrogen (secondary N) is 1. The number of fused-ring (bicyclic) bond motifs is 1. The molecule has 5 nitrogen and oxygen atoms in total. The van der Waals surface area contributed by atoms with E-state index < -0.39 is 0 Å². The van der Waals surface area contributed by atoms with Crippen LogP contribution in [0.5, 0.6) is 0 Å². The molecule has 1 aliphatic rings. The standard InChI is InChI=1S/C19H22N4OS2/c1-23(13-7-3-2-4-8-13)19(25)26-12-17(24)14(11-20)18-21-15-9-5-6-10-16(15)22-18/h5-6,9-10,13,24H,2-4,7-8,12H2,1H3,(H,21,22). The highest BCUT2D eigenvalue weighted by Crippen LogP contribution is 2.26. The normalized spacial score (nSPS) is 16.2. The van der Waals surface area contributed by atoms with E-state index >= 15 is 0 Å². The highest BCUT2D eigenvalue weighted by Gasteiger charge is 2.21. The van der Waals surface area contributed by atoms with Gasteiger partial charge >= 0.3 is 0 Å². The number of nitrogens with zero attached hydrogens (tertiary/aromatic N) is 3. The maximum Gasteiger partial charge on any atom is 0.152 e. The van der Waals surface area contributed by atoms with E-state index in [1.54, 1.807) is 0 Å². The van der Waals surface area contributed by atoms with Gasteiger partial charge in [-0.05, 0) is 25.0 Å². The minimum Gasteiger partial charge on any atom is -0.510 e. The van der Waals surface area contributed by atoms with E-state index in [-0.39, 0.29) is 17.1 Å². The summed E-state index contributed by atoms with van der Waals surface area (Å²) < 4.78 is 0.755. The van der Waals surface area contributed by atoms with Gasteiger partial charge in [-0.2, -0.15) is 5.26 Å². The summed E-state index contributed by atoms with van der Waals surface area (Å²) in [4.78, 5) is 9.62. The van der Waals surface area contributed by atoms with E-state index in [9.17, 15) is 10.4 Å². The topological polar surface area (TPSA) is 75.9 Å². The quantitative estimate of drug-likeness (QED) is 0.453. The van der Waals surface area contributed by atoms with Crippen LogP contribution in [0.3, 0.4) is 0 Å². The summed E-state index contributed by atoms with van der Waals surface area (Å²) >= 11 is 6.90. The van der Waals surface area contributed by atoms with Gasteiger partial charge in [0.2, 0.25) is 0 Å². The summed E-state index contributed by atoms with van der Waals surface area (Å²) in [6, 6.07) is 10.1. The van der Waals surface area contributed by atoms with E-state index in [4.69, 9.17) is 12.2 Å². The Bertz CT molecular complexity index is 829. The predicted molar refractivity (Wildman–Crippen MR) is 111 cm³/mol. The Kier molecular flexibility index (Phi) is 6.17. The number of para-hydroxylation sites is 2. The number of hydrogen-bond acceptors (Lipinski definition) is 5. The van der Waals surface area contributed by atoms with Crippen molar-refractivity contribution in [2.24, 2.45) is 0 Å². The van der Waals surface area contributed by atoms with Gasteiger partial charge < -0.3 is 15.0 Å². The van der Waals surface area contributed by atoms with Crippen molar-refractivity contribution in [3.8, 4) is 6.07 Å². The number of allylic oxidation sites excluding steroid dienone is 1. The molecule has 26 heavy (non-hydrogen) atoms. The monoisotopic (exact) mass is 386 g/mol. The fourth-order valence-electron chi connectivity index (χ4n) is 3.25. The first-order valence-electron chi connectivity index (χ1n) is 8.77. The van der Waals surface area contributed by atoms with Crippen molar-refractivity contribution in [3.05, 3.63) is 35.8 Å². The molecule has 0 atom stereocenters. The van der Waals surface area contributed by atoms with Crippen molar-refractivity contribution in [3.63, 3.8) is 0 Å². The van der Waals surface area contributed by atoms with E-state index in [0.717, 1.165) is 15.4 Å². The third-order valence-corrected chi connectivity index (χ3v) is 6.36. The molecular formula is C19H22N4OS2. The largest absolute Gasteiger partial charge is 0.510 e. The molecule has 1 fully saturated rings. The molecule has 2 aromatic rings. The molecule has 136 valence electrons. The third-order valence-electron chi connectivity index (χ3n) is 4.77. The molecule has 3 rings (SSSR count). The number of benzene rings is 1. The minimum atomic E-state index is -0.00375. The Balaban J connectivity index is 1.68. The van der Waals surface area contributed by atoms with E-state index in [2.05, 4.69) is 20.9 Å². The fraction of sp³-hybridized carbons (Fsp3) is 0.421. The van der Waals surface area contributed by atoms with Gasteiger partial charge in [-0.3, -0.25) is 0 Å². The number of thiocarbonyl (C=S) groups is 1. The van der Waals surface area contributed by atoms with Crippen molar-refractivity contribution < 1.29 is 5.11 Å². The van der Waals surface area contributed by atoms with Crippen LogP contribution in [0.25, 0.3) is 16.6 Å². The Morgan fingerprint density at radius 2 is 2.12 bits per heavy atom. The Hall–Kier alpha value is -2.04. The van der Waals surface area contributed by atoms with Crippen LogP contribution in [-0.4, -0.2) is 43.1 Å². The first-order valence-corrected chi connectivity index (χ1v) is 10.2. The summed E-state index contributed by atoms with van der Waals surface area (Å²) in [7, 11) is 2.02. The van der Waals surface area contributed by atoms with Gasteiger partial charge in [-0.15, -0.1) is 0 Å². The molecule has 1 aromatic heterocycles. The second-order valence-electron chi connectivity index (χ2n) is 6.49. The van der Waals surface area contributed by atoms with Crippen LogP contribution in [0, 0.1) is 11.3 Å². The van der Waals surface area contributed by atoms with Gasteiger partial charge in [-0.25, -0.2) is 4.98 Å². The maximum atomic E-state index is 10.4. The number of thioether (sulfide) groups is 1. The Morgan fingerprint density at radius 3 is 2.81 bits per heavy atom. The lowest BCUT2D eigenvalue weighted by Crippen LogP contribution is -2.36. The lowest BCUT2D eigenvalue weighted by molar-refractivity contribution is 0.285. The molecule has 0 spiro atoms. The molecule has 0 amide bonds. The van der Waals surface area contributed by atoms with Crippen LogP contribution in [-0.2, 0) is 0 Å². The molecule has 0 unspecified atom stereocenters. The molecule has 1 aromatic carbocycles. The first-order chi connectivity index (χ1) is 12.6. The lowest BCUT2D eigenvalue weighted by Gasteiger charge is -2.32. The molecule has 1 heterocycles. The number of hydrogen-bond donors (Lipinski definition) is 2. The van der Waals surface area contributed by atoms with Crippen molar-refractivity contribution in [2.75, 3.05) is 12.8 Å². The number of aliphatic hydroxyl groups excluding tert-OH is 1. The summed E-state index contributed by atoms with van der Waals surface area (Å²) in [5, 5.41) is 19.9. The number of rotatable bonds is 4. The van der Waals surface area contributed by atoms with Crippen molar-refractivity contribution in [1.82, 2.24) is 14.9 Å². The third kappa shape index (κ3) is 4.19. The number of imidazole rings is 1. The van der Waals surface area contributed by atoms with Gasteiger partial charge in [0, 0.05) is 13.1 Å². The highest BCUT2D eigenvalue weighted by atomic mass is 32.2. The smallest absolute Gasteiger partial charge is 0.152 e. The maximum absolute atomic E-state index is 10.4. The number of aliphatic hydroxyl groups is 1. The number of H-pyrrole nitrogens is 1. The number of nitriles is 1. The molecule has 0 saturated heterocycles. The molecule has 1 aliphatic carbocycles. The number of aromatic amines is 1. The predicted octanol–water partition coefficient (Wildman–Crippen LogP) is 4.64. The van der Waals surface area contributed by atoms with Gasteiger partial charge in [-0.1, -0.05) is 55.4 Å². The van der Waals surface area contributed by atoms with Crippen molar-refractivity contribution in [1.29, 1.82) is 5.26 Å². The van der Waals surface area contributed by atoms with Crippen LogP contribution in [0.1, 0.15) is 37.9 Å². The Labute approximate surface area is 163 Å². The highest BCUT2D eigenvalue weighted by molar-refractivity contribution is 8.23. The summed E-state index contributed by atoms with van der Waals surface area (Å²) in [5.74, 6) is 0.643. The van der Waals surface area contributed by atoms with Crippen LogP contribution >= 0.6 is 24.0 Å². The minimum absolute atomic E-state index is 0.00375. The average molecular weight is 387 g/mol.